The summed E-state index contributed by atoms with van der Waals surface area (Å²) in [5.41, 5.74) is 2.96. The fraction of sp³-hybridized carbons (Fsp3) is 0.304. The van der Waals surface area contributed by atoms with Crippen molar-refractivity contribution < 1.29 is 14.5 Å². The SMILES string of the molecule is CC(C)c1ccccc1-c1c(C=CC(=O)N2CCN(C=O)CC2)cccc1[N+](=O)[O-]. The highest BCUT2D eigenvalue weighted by Crippen LogP contribution is 2.38. The van der Waals surface area contributed by atoms with Crippen molar-refractivity contribution in [2.24, 2.45) is 0 Å². The molecule has 0 unspecified atom stereocenters. The van der Waals surface area contributed by atoms with Crippen molar-refractivity contribution in [2.75, 3.05) is 26.2 Å². The Hall–Kier alpha value is -3.48. The first-order chi connectivity index (χ1) is 14.4. The Morgan fingerprint density at radius 1 is 1.07 bits per heavy atom. The maximum atomic E-state index is 12.6. The smallest absolute Gasteiger partial charge is 0.277 e. The van der Waals surface area contributed by atoms with Gasteiger partial charge in [-0.1, -0.05) is 50.2 Å². The van der Waals surface area contributed by atoms with Gasteiger partial charge in [-0.2, -0.15) is 0 Å². The zero-order chi connectivity index (χ0) is 21.7. The van der Waals surface area contributed by atoms with Gasteiger partial charge in [-0.15, -0.1) is 0 Å². The van der Waals surface area contributed by atoms with Crippen molar-refractivity contribution in [3.63, 3.8) is 0 Å². The van der Waals surface area contributed by atoms with Crippen LogP contribution in [0.4, 0.5) is 5.69 Å². The molecule has 0 atom stereocenters. The summed E-state index contributed by atoms with van der Waals surface area (Å²) >= 11 is 0. The molecule has 0 N–H and O–H groups in total. The summed E-state index contributed by atoms with van der Waals surface area (Å²) in [6, 6.07) is 12.6. The van der Waals surface area contributed by atoms with Gasteiger partial charge in [0.1, 0.15) is 0 Å². The van der Waals surface area contributed by atoms with Gasteiger partial charge in [0.05, 0.1) is 10.5 Å². The highest BCUT2D eigenvalue weighted by molar-refractivity contribution is 5.94. The number of nitrogens with zero attached hydrogens (tertiary/aromatic N) is 3. The average Bonchev–Trinajstić information content (AvgIpc) is 2.77. The Bertz CT molecular complexity index is 976. The van der Waals surface area contributed by atoms with Crippen LogP contribution in [-0.4, -0.2) is 53.2 Å². The third-order valence-electron chi connectivity index (χ3n) is 5.30. The molecule has 0 aliphatic carbocycles. The van der Waals surface area contributed by atoms with Gasteiger partial charge in [0.15, 0.2) is 0 Å². The van der Waals surface area contributed by atoms with E-state index in [-0.39, 0.29) is 22.4 Å². The number of hydrogen-bond donors (Lipinski definition) is 0. The molecule has 30 heavy (non-hydrogen) atoms. The number of nitro benzene ring substituents is 1. The van der Waals surface area contributed by atoms with Crippen LogP contribution in [0.3, 0.4) is 0 Å². The van der Waals surface area contributed by atoms with Crippen LogP contribution in [-0.2, 0) is 9.59 Å². The molecule has 1 heterocycles. The topological polar surface area (TPSA) is 83.8 Å². The van der Waals surface area contributed by atoms with E-state index in [2.05, 4.69) is 0 Å². The van der Waals surface area contributed by atoms with E-state index in [1.165, 1.54) is 12.1 Å². The number of carbonyl (C=O) groups is 2. The van der Waals surface area contributed by atoms with Crippen LogP contribution < -0.4 is 0 Å². The molecular formula is C23H25N3O4. The van der Waals surface area contributed by atoms with Gasteiger partial charge < -0.3 is 9.80 Å². The molecule has 0 spiro atoms. The minimum Gasteiger partial charge on any atom is -0.342 e. The van der Waals surface area contributed by atoms with Gasteiger partial charge in [-0.3, -0.25) is 19.7 Å². The second kappa shape index (κ2) is 9.35. The van der Waals surface area contributed by atoms with Crippen molar-refractivity contribution in [2.45, 2.75) is 19.8 Å². The summed E-state index contributed by atoms with van der Waals surface area (Å²) in [7, 11) is 0. The van der Waals surface area contributed by atoms with Crippen molar-refractivity contribution in [1.29, 1.82) is 0 Å². The molecule has 1 aliphatic heterocycles. The minimum atomic E-state index is -0.385. The summed E-state index contributed by atoms with van der Waals surface area (Å²) in [5.74, 6) is 0.0173. The maximum absolute atomic E-state index is 12.6. The van der Waals surface area contributed by atoms with Crippen LogP contribution in [0.5, 0.6) is 0 Å². The molecule has 0 radical (unpaired) electrons. The number of hydrogen-bond acceptors (Lipinski definition) is 4. The molecule has 0 saturated carbocycles. The van der Waals surface area contributed by atoms with Crippen LogP contribution in [0.2, 0.25) is 0 Å². The lowest BCUT2D eigenvalue weighted by Crippen LogP contribution is -2.47. The predicted octanol–water partition coefficient (Wildman–Crippen LogP) is 3.70. The lowest BCUT2D eigenvalue weighted by Gasteiger charge is -2.31. The average molecular weight is 407 g/mol. The van der Waals surface area contributed by atoms with E-state index in [9.17, 15) is 19.7 Å². The molecule has 0 bridgehead atoms. The Morgan fingerprint density at radius 2 is 1.77 bits per heavy atom. The summed E-state index contributed by atoms with van der Waals surface area (Å²) in [4.78, 5) is 38.1. The van der Waals surface area contributed by atoms with E-state index < -0.39 is 0 Å². The molecular weight excluding hydrogens is 382 g/mol. The van der Waals surface area contributed by atoms with Gasteiger partial charge in [0.2, 0.25) is 12.3 Å². The lowest BCUT2D eigenvalue weighted by molar-refractivity contribution is -0.384. The zero-order valence-electron chi connectivity index (χ0n) is 17.2. The molecule has 2 aromatic carbocycles. The summed E-state index contributed by atoms with van der Waals surface area (Å²) in [5, 5.41) is 11.7. The van der Waals surface area contributed by atoms with E-state index in [0.717, 1.165) is 17.5 Å². The van der Waals surface area contributed by atoms with Crippen LogP contribution in [0.1, 0.15) is 30.9 Å². The maximum Gasteiger partial charge on any atom is 0.277 e. The Labute approximate surface area is 175 Å². The molecule has 1 saturated heterocycles. The normalized spacial score (nSPS) is 14.4. The molecule has 2 aromatic rings. The van der Waals surface area contributed by atoms with E-state index in [1.807, 2.05) is 38.1 Å². The first-order valence-electron chi connectivity index (χ1n) is 9.95. The third kappa shape index (κ3) is 4.56. The van der Waals surface area contributed by atoms with E-state index in [1.54, 1.807) is 28.0 Å². The van der Waals surface area contributed by atoms with Gasteiger partial charge >= 0.3 is 0 Å². The minimum absolute atomic E-state index is 0.0114. The summed E-state index contributed by atoms with van der Waals surface area (Å²) in [6.45, 7) is 6.05. The van der Waals surface area contributed by atoms with Gasteiger partial charge in [0, 0.05) is 38.3 Å². The molecule has 2 amide bonds. The highest BCUT2D eigenvalue weighted by atomic mass is 16.6. The number of benzene rings is 2. The fourth-order valence-corrected chi connectivity index (χ4v) is 3.68. The first-order valence-corrected chi connectivity index (χ1v) is 9.95. The standard InChI is InChI=1S/C23H25N3O4/c1-17(2)19-7-3-4-8-20(19)23-18(6-5-9-21(23)26(29)30)10-11-22(28)25-14-12-24(16-27)13-15-25/h3-11,16-17H,12-15H2,1-2H3. The predicted molar refractivity (Wildman–Crippen MR) is 116 cm³/mol. The Morgan fingerprint density at radius 3 is 2.40 bits per heavy atom. The van der Waals surface area contributed by atoms with Crippen LogP contribution in [0.15, 0.2) is 48.5 Å². The largest absolute Gasteiger partial charge is 0.342 e. The van der Waals surface area contributed by atoms with E-state index >= 15 is 0 Å². The highest BCUT2D eigenvalue weighted by Gasteiger charge is 2.22. The summed E-state index contributed by atoms with van der Waals surface area (Å²) in [6.07, 6.45) is 3.89. The molecule has 1 fully saturated rings. The molecule has 156 valence electrons. The molecule has 7 heteroatoms. The number of nitro groups is 1. The van der Waals surface area contributed by atoms with Crippen molar-refractivity contribution >= 4 is 24.1 Å². The molecule has 0 aromatic heterocycles. The van der Waals surface area contributed by atoms with Crippen LogP contribution in [0.25, 0.3) is 17.2 Å². The van der Waals surface area contributed by atoms with Gasteiger partial charge in [-0.05, 0) is 28.7 Å². The fourth-order valence-electron chi connectivity index (χ4n) is 3.68. The summed E-state index contributed by atoms with van der Waals surface area (Å²) < 4.78 is 0. The third-order valence-corrected chi connectivity index (χ3v) is 5.30. The molecule has 3 rings (SSSR count). The van der Waals surface area contributed by atoms with E-state index in [0.29, 0.717) is 37.3 Å². The zero-order valence-corrected chi connectivity index (χ0v) is 17.2. The van der Waals surface area contributed by atoms with Gasteiger partial charge in [-0.25, -0.2) is 0 Å². The number of rotatable bonds is 6. The first kappa shape index (κ1) is 21.2. The Kier molecular flexibility index (Phi) is 6.61. The van der Waals surface area contributed by atoms with E-state index in [4.69, 9.17) is 0 Å². The Balaban J connectivity index is 1.97. The quantitative estimate of drug-likeness (QED) is 0.316. The molecule has 7 nitrogen and oxygen atoms in total. The van der Waals surface area contributed by atoms with Crippen molar-refractivity contribution in [3.8, 4) is 11.1 Å². The number of carbonyl (C=O) groups excluding carboxylic acids is 2. The number of amides is 2. The monoisotopic (exact) mass is 407 g/mol. The van der Waals surface area contributed by atoms with Crippen molar-refractivity contribution in [1.82, 2.24) is 9.80 Å². The van der Waals surface area contributed by atoms with Crippen molar-refractivity contribution in [3.05, 3.63) is 69.8 Å². The second-order valence-electron chi connectivity index (χ2n) is 7.54. The second-order valence-corrected chi connectivity index (χ2v) is 7.54. The molecule has 1 aliphatic rings. The number of piperazine rings is 1. The van der Waals surface area contributed by atoms with Crippen LogP contribution >= 0.6 is 0 Å². The van der Waals surface area contributed by atoms with Crippen LogP contribution in [0, 0.1) is 10.1 Å². The lowest BCUT2D eigenvalue weighted by atomic mass is 9.89. The van der Waals surface area contributed by atoms with Gasteiger partial charge in [0.25, 0.3) is 5.69 Å².